The van der Waals surface area contributed by atoms with E-state index in [0.717, 1.165) is 12.1 Å². The van der Waals surface area contributed by atoms with Crippen molar-refractivity contribution >= 4 is 22.3 Å². The molecule has 0 N–H and O–H groups in total. The van der Waals surface area contributed by atoms with Crippen LogP contribution < -0.4 is 18.9 Å². The molecular weight excluding hydrogens is 316 g/mol. The van der Waals surface area contributed by atoms with Gasteiger partial charge in [-0.05, 0) is 17.7 Å². The molecule has 0 unspecified atom stereocenters. The summed E-state index contributed by atoms with van der Waals surface area (Å²) in [6.07, 6.45) is -4.31. The quantitative estimate of drug-likeness (QED) is 0.460. The molecule has 0 atom stereocenters. The van der Waals surface area contributed by atoms with Crippen molar-refractivity contribution in [2.45, 2.75) is 45.5 Å². The number of amidine groups is 1. The zero-order valence-corrected chi connectivity index (χ0v) is 16.3. The van der Waals surface area contributed by atoms with Gasteiger partial charge >= 0.3 is 25.0 Å². The average molecular weight is 338 g/mol. The predicted octanol–water partition coefficient (Wildman–Crippen LogP) is 2.50. The first-order valence-corrected chi connectivity index (χ1v) is 13.7. The van der Waals surface area contributed by atoms with Gasteiger partial charge in [-0.15, -0.1) is 0 Å². The Morgan fingerprint density at radius 1 is 0.955 bits per heavy atom. The summed E-state index contributed by atoms with van der Waals surface area (Å²) in [5.41, 5.74) is 0.0134. The molecule has 2 nitrogen and oxygen atoms in total. The molecule has 0 aliphatic carbocycles. The van der Waals surface area contributed by atoms with Crippen LogP contribution in [0.3, 0.4) is 0 Å². The molecule has 0 heterocycles. The summed E-state index contributed by atoms with van der Waals surface area (Å²) < 4.78 is 42.6. The van der Waals surface area contributed by atoms with Gasteiger partial charge in [0.25, 0.3) is 0 Å². The first kappa shape index (κ1) is 21.5. The van der Waals surface area contributed by atoms with Crippen molar-refractivity contribution in [2.24, 2.45) is 4.66 Å². The molecular formula is C14H22F3LiN2Si2. The molecule has 22 heavy (non-hydrogen) atoms. The van der Waals surface area contributed by atoms with Crippen molar-refractivity contribution < 1.29 is 32.0 Å². The second kappa shape index (κ2) is 7.39. The molecule has 1 aromatic carbocycles. The van der Waals surface area contributed by atoms with E-state index in [1.807, 2.05) is 0 Å². The molecule has 0 saturated carbocycles. The van der Waals surface area contributed by atoms with Crippen LogP contribution in [0.4, 0.5) is 13.2 Å². The molecule has 0 fully saturated rings. The Morgan fingerprint density at radius 2 is 1.41 bits per heavy atom. The topological polar surface area (TPSA) is 26.5 Å². The first-order valence-electron chi connectivity index (χ1n) is 6.78. The summed E-state index contributed by atoms with van der Waals surface area (Å²) in [5, 5.41) is 0. The molecule has 0 spiro atoms. The fourth-order valence-corrected chi connectivity index (χ4v) is 3.33. The van der Waals surface area contributed by atoms with Crippen LogP contribution in [0.2, 0.25) is 39.3 Å². The van der Waals surface area contributed by atoms with Crippen molar-refractivity contribution in [2.75, 3.05) is 0 Å². The molecule has 0 aliphatic rings. The molecule has 0 amide bonds. The SMILES string of the molecule is C[Si](C)(C)/N=C(\[N-][Si](C)(C)C)c1ccc(C(F)(F)F)cc1.[Li+]. The van der Waals surface area contributed by atoms with E-state index in [-0.39, 0.29) is 18.9 Å². The van der Waals surface area contributed by atoms with Crippen LogP contribution in [0.25, 0.3) is 4.98 Å². The number of hydrogen-bond donors (Lipinski definition) is 0. The van der Waals surface area contributed by atoms with Crippen LogP contribution in [-0.2, 0) is 6.18 Å². The second-order valence-corrected chi connectivity index (χ2v) is 16.1. The van der Waals surface area contributed by atoms with Gasteiger partial charge < -0.3 is 9.64 Å². The van der Waals surface area contributed by atoms with Crippen molar-refractivity contribution in [1.82, 2.24) is 0 Å². The van der Waals surface area contributed by atoms with E-state index in [1.165, 1.54) is 12.1 Å². The van der Waals surface area contributed by atoms with Crippen LogP contribution in [0.1, 0.15) is 11.1 Å². The van der Waals surface area contributed by atoms with Crippen molar-refractivity contribution in [1.29, 1.82) is 0 Å². The molecule has 118 valence electrons. The van der Waals surface area contributed by atoms with E-state index in [1.54, 1.807) is 0 Å². The van der Waals surface area contributed by atoms with Crippen LogP contribution >= 0.6 is 0 Å². The number of nitrogens with zero attached hydrogens (tertiary/aromatic N) is 2. The Hall–Kier alpha value is -0.489. The van der Waals surface area contributed by atoms with Gasteiger partial charge in [0.05, 0.1) is 5.56 Å². The summed E-state index contributed by atoms with van der Waals surface area (Å²) >= 11 is 0. The molecule has 8 heteroatoms. The fourth-order valence-electron chi connectivity index (χ4n) is 1.60. The number of rotatable bonds is 3. The minimum Gasteiger partial charge on any atom is -0.472 e. The largest absolute Gasteiger partial charge is 1.00 e. The molecule has 0 bridgehead atoms. The smallest absolute Gasteiger partial charge is 0.472 e. The van der Waals surface area contributed by atoms with E-state index in [2.05, 4.69) is 39.3 Å². The van der Waals surface area contributed by atoms with Gasteiger partial charge in [0.2, 0.25) is 0 Å². The third-order valence-electron chi connectivity index (χ3n) is 2.35. The summed E-state index contributed by atoms with van der Waals surface area (Å²) in [4.78, 5) is 4.70. The van der Waals surface area contributed by atoms with E-state index >= 15 is 0 Å². The van der Waals surface area contributed by atoms with Crippen molar-refractivity contribution in [3.63, 3.8) is 0 Å². The normalized spacial score (nSPS) is 13.6. The third-order valence-corrected chi connectivity index (χ3v) is 4.12. The first-order chi connectivity index (χ1) is 9.28. The van der Waals surface area contributed by atoms with E-state index in [9.17, 15) is 13.2 Å². The van der Waals surface area contributed by atoms with E-state index in [4.69, 9.17) is 9.64 Å². The van der Waals surface area contributed by atoms with Crippen LogP contribution in [0.5, 0.6) is 0 Å². The number of halogens is 3. The fraction of sp³-hybridized carbons (Fsp3) is 0.500. The van der Waals surface area contributed by atoms with Gasteiger partial charge in [-0.1, -0.05) is 57.3 Å². The minimum atomic E-state index is -4.31. The zero-order valence-electron chi connectivity index (χ0n) is 14.3. The second-order valence-electron chi connectivity index (χ2n) is 6.96. The van der Waals surface area contributed by atoms with Gasteiger partial charge in [-0.2, -0.15) is 13.2 Å². The minimum absolute atomic E-state index is 0. The zero-order chi connectivity index (χ0) is 16.5. The Morgan fingerprint density at radius 3 is 1.73 bits per heavy atom. The predicted molar refractivity (Wildman–Crippen MR) is 88.0 cm³/mol. The Bertz CT molecular complexity index is 515. The standard InChI is InChI=1S/C14H22F3N2Si2.Li/c1-20(2,3)18-13(19-21(4,5)6)11-7-9-12(10-8-11)14(15,16)17;/h7-10H,1-6H3;/q-1;+1. The number of alkyl halides is 3. The van der Waals surface area contributed by atoms with Crippen molar-refractivity contribution in [3.05, 3.63) is 40.4 Å². The summed E-state index contributed by atoms with van der Waals surface area (Å²) in [5.74, 6) is 0.599. The van der Waals surface area contributed by atoms with Crippen LogP contribution in [-0.4, -0.2) is 22.3 Å². The molecule has 0 aromatic heterocycles. The monoisotopic (exact) mass is 338 g/mol. The van der Waals surface area contributed by atoms with Crippen LogP contribution in [0.15, 0.2) is 28.9 Å². The van der Waals surface area contributed by atoms with Gasteiger partial charge in [0.1, 0.15) is 0 Å². The maximum Gasteiger partial charge on any atom is 1.00 e. The van der Waals surface area contributed by atoms with E-state index < -0.39 is 28.2 Å². The third kappa shape index (κ3) is 7.68. The average Bonchev–Trinajstić information content (AvgIpc) is 2.23. The van der Waals surface area contributed by atoms with Gasteiger partial charge in [0.15, 0.2) is 0 Å². The molecule has 0 radical (unpaired) electrons. The summed E-state index contributed by atoms with van der Waals surface area (Å²) in [7, 11) is -3.52. The molecule has 0 aliphatic heterocycles. The van der Waals surface area contributed by atoms with Crippen LogP contribution in [0, 0.1) is 0 Å². The van der Waals surface area contributed by atoms with E-state index in [0.29, 0.717) is 11.4 Å². The van der Waals surface area contributed by atoms with Gasteiger partial charge in [-0.25, -0.2) is 0 Å². The van der Waals surface area contributed by atoms with Gasteiger partial charge in [-0.3, -0.25) is 0 Å². The number of benzene rings is 1. The Balaban J connectivity index is 0.00000441. The molecule has 1 aromatic rings. The maximum atomic E-state index is 12.6. The number of hydrogen-bond acceptors (Lipinski definition) is 1. The summed E-state index contributed by atoms with van der Waals surface area (Å²) in [6, 6.07) is 5.11. The molecule has 0 saturated heterocycles. The van der Waals surface area contributed by atoms with Crippen molar-refractivity contribution in [3.8, 4) is 0 Å². The summed E-state index contributed by atoms with van der Waals surface area (Å²) in [6.45, 7) is 12.5. The van der Waals surface area contributed by atoms with Gasteiger partial charge in [0, 0.05) is 16.5 Å². The maximum absolute atomic E-state index is 12.6. The Kier molecular flexibility index (Phi) is 7.22. The Labute approximate surface area is 145 Å². The molecule has 1 rings (SSSR count).